The minimum Gasteiger partial charge on any atom is -0.480 e. The van der Waals surface area contributed by atoms with E-state index < -0.39 is 12.0 Å². The van der Waals surface area contributed by atoms with Crippen LogP contribution >= 0.6 is 11.8 Å². The zero-order valence-electron chi connectivity index (χ0n) is 11.4. The molecule has 0 aromatic carbocycles. The third-order valence-electron chi connectivity index (χ3n) is 2.78. The van der Waals surface area contributed by atoms with Crippen LogP contribution in [0.25, 0.3) is 0 Å². The molecule has 1 rings (SSSR count). The summed E-state index contributed by atoms with van der Waals surface area (Å²) in [6, 6.07) is 2.80. The first kappa shape index (κ1) is 15.6. The molecular weight excluding hydrogens is 264 g/mol. The normalized spacial score (nSPS) is 12.4. The maximum atomic E-state index is 12.1. The molecule has 19 heavy (non-hydrogen) atoms. The lowest BCUT2D eigenvalue weighted by molar-refractivity contribution is -0.139. The van der Waals surface area contributed by atoms with Gasteiger partial charge in [-0.15, -0.1) is 0 Å². The Bertz CT molecular complexity index is 443. The van der Waals surface area contributed by atoms with Gasteiger partial charge in [-0.25, -0.2) is 4.79 Å². The van der Waals surface area contributed by atoms with Gasteiger partial charge in [-0.1, -0.05) is 0 Å². The highest BCUT2D eigenvalue weighted by Gasteiger charge is 2.22. The van der Waals surface area contributed by atoms with E-state index in [4.69, 9.17) is 5.11 Å². The predicted molar refractivity (Wildman–Crippen MR) is 76.7 cm³/mol. The van der Waals surface area contributed by atoms with E-state index in [2.05, 4.69) is 5.32 Å². The summed E-state index contributed by atoms with van der Waals surface area (Å²) in [6.07, 6.45) is 4.15. The van der Waals surface area contributed by atoms with Gasteiger partial charge in [0.15, 0.2) is 0 Å². The van der Waals surface area contributed by atoms with Crippen molar-refractivity contribution >= 4 is 23.6 Å². The molecule has 0 aliphatic rings. The van der Waals surface area contributed by atoms with E-state index in [0.29, 0.717) is 17.9 Å². The Morgan fingerprint density at radius 1 is 1.47 bits per heavy atom. The van der Waals surface area contributed by atoms with E-state index in [0.717, 1.165) is 0 Å². The van der Waals surface area contributed by atoms with Gasteiger partial charge in [-0.3, -0.25) is 4.79 Å². The maximum Gasteiger partial charge on any atom is 0.326 e. The van der Waals surface area contributed by atoms with E-state index in [-0.39, 0.29) is 11.9 Å². The summed E-state index contributed by atoms with van der Waals surface area (Å²) in [5.41, 5.74) is 0.491. The van der Waals surface area contributed by atoms with Crippen molar-refractivity contribution in [2.24, 2.45) is 0 Å². The van der Waals surface area contributed by atoms with E-state index >= 15 is 0 Å². The van der Waals surface area contributed by atoms with Crippen molar-refractivity contribution in [2.45, 2.75) is 32.4 Å². The Balaban J connectivity index is 2.76. The first-order chi connectivity index (χ1) is 8.97. The number of carboxylic acids is 1. The lowest BCUT2D eigenvalue weighted by Crippen LogP contribution is -2.41. The first-order valence-electron chi connectivity index (χ1n) is 6.16. The molecule has 106 valence electrons. The van der Waals surface area contributed by atoms with E-state index in [9.17, 15) is 9.59 Å². The highest BCUT2D eigenvalue weighted by Crippen LogP contribution is 2.11. The number of nitrogens with zero attached hydrogens (tertiary/aromatic N) is 1. The minimum atomic E-state index is -0.995. The molecule has 2 N–H and O–H groups in total. The summed E-state index contributed by atoms with van der Waals surface area (Å²) < 4.78 is 1.82. The number of thioether (sulfide) groups is 1. The second-order valence-electron chi connectivity index (χ2n) is 4.54. The fourth-order valence-corrected chi connectivity index (χ4v) is 2.23. The molecule has 0 fully saturated rings. The fourth-order valence-electron chi connectivity index (χ4n) is 1.76. The second-order valence-corrected chi connectivity index (χ2v) is 5.53. The molecule has 0 saturated carbocycles. The van der Waals surface area contributed by atoms with Crippen LogP contribution in [0, 0.1) is 0 Å². The highest BCUT2D eigenvalue weighted by molar-refractivity contribution is 7.98. The van der Waals surface area contributed by atoms with Gasteiger partial charge in [0.05, 0.1) is 0 Å². The monoisotopic (exact) mass is 284 g/mol. The van der Waals surface area contributed by atoms with Crippen molar-refractivity contribution in [3.8, 4) is 0 Å². The largest absolute Gasteiger partial charge is 0.480 e. The van der Waals surface area contributed by atoms with Gasteiger partial charge < -0.3 is 15.0 Å². The molecule has 1 heterocycles. The smallest absolute Gasteiger partial charge is 0.326 e. The van der Waals surface area contributed by atoms with Crippen molar-refractivity contribution in [2.75, 3.05) is 12.0 Å². The molecule has 1 amide bonds. The van der Waals surface area contributed by atoms with Crippen LogP contribution < -0.4 is 5.32 Å². The number of rotatable bonds is 7. The zero-order valence-corrected chi connectivity index (χ0v) is 12.2. The number of hydrogen-bond donors (Lipinski definition) is 2. The summed E-state index contributed by atoms with van der Waals surface area (Å²) in [6.45, 7) is 3.94. The quantitative estimate of drug-likeness (QED) is 0.803. The van der Waals surface area contributed by atoms with Gasteiger partial charge in [0.25, 0.3) is 5.91 Å². The topological polar surface area (TPSA) is 71.3 Å². The molecular formula is C13H20N2O3S. The van der Waals surface area contributed by atoms with Gasteiger partial charge in [0.2, 0.25) is 0 Å². The second kappa shape index (κ2) is 7.23. The molecule has 5 nitrogen and oxygen atoms in total. The summed E-state index contributed by atoms with van der Waals surface area (Å²) in [5, 5.41) is 11.7. The van der Waals surface area contributed by atoms with Crippen LogP contribution in [0.2, 0.25) is 0 Å². The number of carbonyl (C=O) groups is 2. The Labute approximate surface area is 117 Å². The number of carbonyl (C=O) groups excluding carboxylic acids is 1. The van der Waals surface area contributed by atoms with Crippen LogP contribution in [-0.4, -0.2) is 39.6 Å². The SMILES string of the molecule is CSCC[C@H](NC(=O)c1cccn1C(C)C)C(=O)O. The Hall–Kier alpha value is -1.43. The zero-order chi connectivity index (χ0) is 14.4. The Morgan fingerprint density at radius 3 is 2.68 bits per heavy atom. The molecule has 0 aliphatic heterocycles. The molecule has 0 aliphatic carbocycles. The summed E-state index contributed by atoms with van der Waals surface area (Å²) in [4.78, 5) is 23.2. The average molecular weight is 284 g/mol. The van der Waals surface area contributed by atoms with Gasteiger partial charge in [-0.2, -0.15) is 11.8 Å². The molecule has 0 radical (unpaired) electrons. The fraction of sp³-hybridized carbons (Fsp3) is 0.538. The predicted octanol–water partition coefficient (Wildman–Crippen LogP) is 2.01. The standard InChI is InChI=1S/C13H20N2O3S/c1-9(2)15-7-4-5-11(15)12(16)14-10(13(17)18)6-8-19-3/h4-5,7,9-10H,6,8H2,1-3H3,(H,14,16)(H,17,18)/t10-/m0/s1. The number of carboxylic acid groups (broad SMARTS) is 1. The van der Waals surface area contributed by atoms with Crippen molar-refractivity contribution in [3.63, 3.8) is 0 Å². The van der Waals surface area contributed by atoms with Gasteiger partial charge in [-0.05, 0) is 44.4 Å². The van der Waals surface area contributed by atoms with Gasteiger partial charge in [0.1, 0.15) is 11.7 Å². The number of nitrogens with one attached hydrogen (secondary N) is 1. The van der Waals surface area contributed by atoms with E-state index in [1.54, 1.807) is 23.9 Å². The van der Waals surface area contributed by atoms with Crippen LogP contribution in [0.3, 0.4) is 0 Å². The van der Waals surface area contributed by atoms with Crippen LogP contribution in [0.15, 0.2) is 18.3 Å². The van der Waals surface area contributed by atoms with Crippen molar-refractivity contribution < 1.29 is 14.7 Å². The van der Waals surface area contributed by atoms with Crippen molar-refractivity contribution in [3.05, 3.63) is 24.0 Å². The number of amides is 1. The first-order valence-corrected chi connectivity index (χ1v) is 7.56. The van der Waals surface area contributed by atoms with Gasteiger partial charge in [0, 0.05) is 12.2 Å². The van der Waals surface area contributed by atoms with Crippen LogP contribution in [0.5, 0.6) is 0 Å². The molecule has 1 aromatic heterocycles. The summed E-state index contributed by atoms with van der Waals surface area (Å²) >= 11 is 1.56. The molecule has 1 atom stereocenters. The Kier molecular flexibility index (Phi) is 5.95. The molecule has 1 aromatic rings. The third-order valence-corrected chi connectivity index (χ3v) is 3.43. The van der Waals surface area contributed by atoms with E-state index in [1.165, 1.54) is 0 Å². The number of aliphatic carboxylic acids is 1. The Morgan fingerprint density at radius 2 is 2.16 bits per heavy atom. The number of aromatic nitrogens is 1. The van der Waals surface area contributed by atoms with Gasteiger partial charge >= 0.3 is 5.97 Å². The molecule has 0 bridgehead atoms. The van der Waals surface area contributed by atoms with E-state index in [1.807, 2.05) is 30.9 Å². The van der Waals surface area contributed by atoms with Crippen LogP contribution in [0.4, 0.5) is 0 Å². The molecule has 0 saturated heterocycles. The molecule has 6 heteroatoms. The van der Waals surface area contributed by atoms with Crippen LogP contribution in [0.1, 0.15) is 36.8 Å². The average Bonchev–Trinajstić information content (AvgIpc) is 2.83. The molecule has 0 spiro atoms. The molecule has 0 unspecified atom stereocenters. The number of hydrogen-bond acceptors (Lipinski definition) is 3. The highest BCUT2D eigenvalue weighted by atomic mass is 32.2. The van der Waals surface area contributed by atoms with Crippen molar-refractivity contribution in [1.29, 1.82) is 0 Å². The lowest BCUT2D eigenvalue weighted by Gasteiger charge is -2.16. The van der Waals surface area contributed by atoms with Crippen LogP contribution in [-0.2, 0) is 4.79 Å². The maximum absolute atomic E-state index is 12.1. The minimum absolute atomic E-state index is 0.158. The lowest BCUT2D eigenvalue weighted by atomic mass is 10.2. The van der Waals surface area contributed by atoms with Crippen molar-refractivity contribution in [1.82, 2.24) is 9.88 Å². The summed E-state index contributed by atoms with van der Waals surface area (Å²) in [5.74, 6) is -0.639. The third kappa shape index (κ3) is 4.31. The summed E-state index contributed by atoms with van der Waals surface area (Å²) in [7, 11) is 0.